The molecule has 0 radical (unpaired) electrons. The van der Waals surface area contributed by atoms with E-state index in [1.807, 2.05) is 30.3 Å². The van der Waals surface area contributed by atoms with Crippen LogP contribution in [0, 0.1) is 12.7 Å². The lowest BCUT2D eigenvalue weighted by Gasteiger charge is -2.10. The van der Waals surface area contributed by atoms with Crippen LogP contribution < -0.4 is 0 Å². The fourth-order valence-corrected chi connectivity index (χ4v) is 3.22. The summed E-state index contributed by atoms with van der Waals surface area (Å²) in [5.74, 6) is -1.47. The van der Waals surface area contributed by atoms with Crippen molar-refractivity contribution in [3.63, 3.8) is 0 Å². The monoisotopic (exact) mass is 415 g/mol. The van der Waals surface area contributed by atoms with Gasteiger partial charge in [0.25, 0.3) is 0 Å². The highest BCUT2D eigenvalue weighted by Crippen LogP contribution is 2.25. The van der Waals surface area contributed by atoms with E-state index in [9.17, 15) is 9.18 Å². The molecule has 0 aliphatic carbocycles. The van der Waals surface area contributed by atoms with Gasteiger partial charge in [-0.2, -0.15) is 0 Å². The number of carbonyl (C=O) groups is 1. The second-order valence-corrected chi connectivity index (χ2v) is 6.85. The van der Waals surface area contributed by atoms with Gasteiger partial charge in [0.15, 0.2) is 5.82 Å². The maximum absolute atomic E-state index is 14.5. The van der Waals surface area contributed by atoms with Gasteiger partial charge < -0.3 is 23.9 Å². The summed E-state index contributed by atoms with van der Waals surface area (Å²) in [6, 6.07) is 14.4. The van der Waals surface area contributed by atoms with E-state index in [0.29, 0.717) is 62.8 Å². The van der Waals surface area contributed by atoms with Crippen LogP contribution >= 0.6 is 0 Å². The summed E-state index contributed by atoms with van der Waals surface area (Å²) in [6.45, 7) is 5.01. The van der Waals surface area contributed by atoms with Crippen molar-refractivity contribution in [2.45, 2.75) is 20.1 Å². The molecular formula is C23H26FNO5. The highest BCUT2D eigenvalue weighted by atomic mass is 19.1. The molecule has 0 bridgehead atoms. The summed E-state index contributed by atoms with van der Waals surface area (Å²) in [6.07, 6.45) is 0. The Balaban J connectivity index is 1.34. The summed E-state index contributed by atoms with van der Waals surface area (Å²) in [5.41, 5.74) is 2.32. The van der Waals surface area contributed by atoms with E-state index < -0.39 is 11.8 Å². The molecule has 0 saturated heterocycles. The van der Waals surface area contributed by atoms with Crippen LogP contribution in [-0.2, 0) is 27.4 Å². The molecule has 2 aromatic carbocycles. The van der Waals surface area contributed by atoms with Gasteiger partial charge in [-0.15, -0.1) is 0 Å². The van der Waals surface area contributed by atoms with Crippen molar-refractivity contribution in [1.29, 1.82) is 0 Å². The van der Waals surface area contributed by atoms with Gasteiger partial charge >= 0.3 is 5.97 Å². The predicted molar refractivity (Wildman–Crippen MR) is 111 cm³/mol. The zero-order valence-corrected chi connectivity index (χ0v) is 17.0. The molecule has 0 amide bonds. The quantitative estimate of drug-likeness (QED) is 0.452. The molecule has 30 heavy (non-hydrogen) atoms. The van der Waals surface area contributed by atoms with Gasteiger partial charge in [0.05, 0.1) is 56.4 Å². The largest absolute Gasteiger partial charge is 0.478 e. The third-order valence-corrected chi connectivity index (χ3v) is 4.81. The summed E-state index contributed by atoms with van der Waals surface area (Å²) < 4.78 is 32.9. The molecule has 0 spiro atoms. The first-order valence-electron chi connectivity index (χ1n) is 9.86. The minimum atomic E-state index is -1.07. The Morgan fingerprint density at radius 2 is 1.63 bits per heavy atom. The van der Waals surface area contributed by atoms with Crippen LogP contribution in [0.5, 0.6) is 0 Å². The summed E-state index contributed by atoms with van der Waals surface area (Å²) in [7, 11) is 0. The van der Waals surface area contributed by atoms with E-state index in [-0.39, 0.29) is 5.56 Å². The van der Waals surface area contributed by atoms with Crippen molar-refractivity contribution in [3.8, 4) is 0 Å². The van der Waals surface area contributed by atoms with Crippen molar-refractivity contribution in [1.82, 2.24) is 4.57 Å². The van der Waals surface area contributed by atoms with Gasteiger partial charge in [0, 0.05) is 11.9 Å². The Morgan fingerprint density at radius 3 is 2.33 bits per heavy atom. The molecule has 7 heteroatoms. The molecule has 1 N–H and O–H groups in total. The van der Waals surface area contributed by atoms with Gasteiger partial charge in [-0.05, 0) is 30.7 Å². The second-order valence-electron chi connectivity index (χ2n) is 6.85. The standard InChI is InChI=1S/C23H26FNO5/c1-17-22(24)20-15-19(23(26)27)7-8-21(20)25(17)9-10-28-11-12-29-13-14-30-16-18-5-3-2-4-6-18/h2-8,15H,9-14,16H2,1H3,(H,26,27). The summed E-state index contributed by atoms with van der Waals surface area (Å²) >= 11 is 0. The Hall–Kier alpha value is -2.74. The third kappa shape index (κ3) is 5.66. The van der Waals surface area contributed by atoms with Gasteiger partial charge in [-0.3, -0.25) is 0 Å². The Bertz CT molecular complexity index is 971. The van der Waals surface area contributed by atoms with Crippen LogP contribution in [0.2, 0.25) is 0 Å². The second kappa shape index (κ2) is 10.9. The lowest BCUT2D eigenvalue weighted by molar-refractivity contribution is 0.00945. The average molecular weight is 415 g/mol. The Kier molecular flexibility index (Phi) is 7.96. The number of hydrogen-bond acceptors (Lipinski definition) is 4. The van der Waals surface area contributed by atoms with Crippen LogP contribution in [0.1, 0.15) is 21.6 Å². The number of benzene rings is 2. The van der Waals surface area contributed by atoms with Crippen LogP contribution in [0.3, 0.4) is 0 Å². The fourth-order valence-electron chi connectivity index (χ4n) is 3.22. The third-order valence-electron chi connectivity index (χ3n) is 4.81. The highest BCUT2D eigenvalue weighted by molar-refractivity contribution is 5.94. The highest BCUT2D eigenvalue weighted by Gasteiger charge is 2.15. The first kappa shape index (κ1) is 22.0. The molecule has 0 unspecified atom stereocenters. The number of carboxylic acid groups (broad SMARTS) is 1. The maximum atomic E-state index is 14.5. The van der Waals surface area contributed by atoms with Crippen LogP contribution in [-0.4, -0.2) is 48.7 Å². The molecule has 3 aromatic rings. The number of aromatic nitrogens is 1. The summed E-state index contributed by atoms with van der Waals surface area (Å²) in [5, 5.41) is 9.40. The van der Waals surface area contributed by atoms with E-state index >= 15 is 0 Å². The van der Waals surface area contributed by atoms with Crippen molar-refractivity contribution in [2.75, 3.05) is 33.0 Å². The van der Waals surface area contributed by atoms with Crippen LogP contribution in [0.15, 0.2) is 48.5 Å². The zero-order chi connectivity index (χ0) is 21.3. The van der Waals surface area contributed by atoms with E-state index in [2.05, 4.69) is 0 Å². The minimum Gasteiger partial charge on any atom is -0.478 e. The lowest BCUT2D eigenvalue weighted by Crippen LogP contribution is -2.12. The zero-order valence-electron chi connectivity index (χ0n) is 17.0. The number of fused-ring (bicyclic) bond motifs is 1. The van der Waals surface area contributed by atoms with Crippen molar-refractivity contribution in [2.24, 2.45) is 0 Å². The number of carboxylic acids is 1. The molecule has 0 aliphatic rings. The average Bonchev–Trinajstić information content (AvgIpc) is 3.00. The molecule has 160 valence electrons. The SMILES string of the molecule is Cc1c(F)c2cc(C(=O)O)ccc2n1CCOCCOCCOCc1ccccc1. The lowest BCUT2D eigenvalue weighted by atomic mass is 10.1. The van der Waals surface area contributed by atoms with E-state index in [0.717, 1.165) is 5.56 Å². The van der Waals surface area contributed by atoms with Crippen molar-refractivity contribution in [3.05, 3.63) is 71.2 Å². The van der Waals surface area contributed by atoms with Crippen molar-refractivity contribution < 1.29 is 28.5 Å². The van der Waals surface area contributed by atoms with Gasteiger partial charge in [0.2, 0.25) is 0 Å². The van der Waals surface area contributed by atoms with E-state index in [1.165, 1.54) is 12.1 Å². The maximum Gasteiger partial charge on any atom is 0.335 e. The molecule has 0 atom stereocenters. The number of ether oxygens (including phenoxy) is 3. The first-order valence-corrected chi connectivity index (χ1v) is 9.86. The fraction of sp³-hybridized carbons (Fsp3) is 0.348. The minimum absolute atomic E-state index is 0.0692. The number of nitrogens with zero attached hydrogens (tertiary/aromatic N) is 1. The molecule has 0 aliphatic heterocycles. The normalized spacial score (nSPS) is 11.3. The van der Waals surface area contributed by atoms with E-state index in [4.69, 9.17) is 19.3 Å². The molecule has 0 fully saturated rings. The number of rotatable bonds is 12. The van der Waals surface area contributed by atoms with Gasteiger partial charge in [-0.1, -0.05) is 30.3 Å². The molecular weight excluding hydrogens is 389 g/mol. The topological polar surface area (TPSA) is 69.9 Å². The Labute approximate surface area is 174 Å². The predicted octanol–water partition coefficient (Wildman–Crippen LogP) is 4.04. The summed E-state index contributed by atoms with van der Waals surface area (Å²) in [4.78, 5) is 11.1. The van der Waals surface area contributed by atoms with Gasteiger partial charge in [0.1, 0.15) is 0 Å². The number of halogens is 1. The molecule has 6 nitrogen and oxygen atoms in total. The molecule has 3 rings (SSSR count). The molecule has 1 aromatic heterocycles. The van der Waals surface area contributed by atoms with Gasteiger partial charge in [-0.25, -0.2) is 9.18 Å². The van der Waals surface area contributed by atoms with E-state index in [1.54, 1.807) is 17.6 Å². The van der Waals surface area contributed by atoms with Crippen LogP contribution in [0.4, 0.5) is 4.39 Å². The first-order chi connectivity index (χ1) is 14.6. The van der Waals surface area contributed by atoms with Crippen molar-refractivity contribution >= 4 is 16.9 Å². The molecule has 0 saturated carbocycles. The number of hydrogen-bond donors (Lipinski definition) is 1. The molecule has 1 heterocycles. The smallest absolute Gasteiger partial charge is 0.335 e. The Morgan fingerprint density at radius 1 is 0.967 bits per heavy atom. The number of aromatic carboxylic acids is 1. The van der Waals surface area contributed by atoms with Crippen LogP contribution in [0.25, 0.3) is 10.9 Å².